The summed E-state index contributed by atoms with van der Waals surface area (Å²) in [4.78, 5) is 24.6. The lowest BCUT2D eigenvalue weighted by Crippen LogP contribution is -2.43. The quantitative estimate of drug-likeness (QED) is 0.801. The minimum absolute atomic E-state index is 0.0541. The molecule has 0 saturated heterocycles. The highest BCUT2D eigenvalue weighted by Crippen LogP contribution is 2.22. The van der Waals surface area contributed by atoms with Crippen LogP contribution in [0.3, 0.4) is 0 Å². The molecule has 2 aromatic rings. The van der Waals surface area contributed by atoms with Gasteiger partial charge in [-0.25, -0.2) is 4.79 Å². The van der Waals surface area contributed by atoms with E-state index < -0.39 is 17.9 Å². The van der Waals surface area contributed by atoms with Gasteiger partial charge in [-0.2, -0.15) is 0 Å². The molecular formula is C21H24ClNO3. The Morgan fingerprint density at radius 2 is 1.69 bits per heavy atom. The maximum atomic E-state index is 12.5. The zero-order valence-corrected chi connectivity index (χ0v) is 16.3. The lowest BCUT2D eigenvalue weighted by molar-refractivity contribution is -0.142. The summed E-state index contributed by atoms with van der Waals surface area (Å²) >= 11 is 6.06. The average molecular weight is 374 g/mol. The second kappa shape index (κ2) is 8.37. The molecule has 0 radical (unpaired) electrons. The highest BCUT2D eigenvalue weighted by atomic mass is 35.5. The summed E-state index contributed by atoms with van der Waals surface area (Å²) in [5.41, 5.74) is 2.52. The maximum Gasteiger partial charge on any atom is 0.328 e. The Bertz CT molecular complexity index is 779. The Morgan fingerprint density at radius 1 is 1.08 bits per heavy atom. The van der Waals surface area contributed by atoms with Crippen molar-refractivity contribution in [3.05, 3.63) is 70.2 Å². The standard InChI is InChI=1S/C21H24ClNO3/c1-21(2,3)15-11-9-14(10-12-15)13-18(20(25)26-4)23-19(24)16-7-5-6-8-17(16)22/h5-12,18H,13H2,1-4H3,(H,23,24)/t18-/m0/s1. The number of carbonyl (C=O) groups excluding carboxylic acids is 2. The minimum atomic E-state index is -0.788. The number of nitrogens with one attached hydrogen (secondary N) is 1. The van der Waals surface area contributed by atoms with E-state index in [0.717, 1.165) is 5.56 Å². The van der Waals surface area contributed by atoms with E-state index in [1.54, 1.807) is 24.3 Å². The smallest absolute Gasteiger partial charge is 0.328 e. The van der Waals surface area contributed by atoms with Crippen LogP contribution in [0, 0.1) is 0 Å². The molecule has 26 heavy (non-hydrogen) atoms. The van der Waals surface area contributed by atoms with Crippen molar-refractivity contribution in [3.63, 3.8) is 0 Å². The fourth-order valence-electron chi connectivity index (χ4n) is 2.59. The molecule has 5 heteroatoms. The van der Waals surface area contributed by atoms with Crippen molar-refractivity contribution in [3.8, 4) is 0 Å². The van der Waals surface area contributed by atoms with E-state index in [1.807, 2.05) is 24.3 Å². The van der Waals surface area contributed by atoms with E-state index in [4.69, 9.17) is 16.3 Å². The van der Waals surface area contributed by atoms with Crippen molar-refractivity contribution < 1.29 is 14.3 Å². The maximum absolute atomic E-state index is 12.5. The van der Waals surface area contributed by atoms with Crippen LogP contribution in [0.2, 0.25) is 5.02 Å². The van der Waals surface area contributed by atoms with Crippen LogP contribution in [-0.2, 0) is 21.4 Å². The van der Waals surface area contributed by atoms with Crippen molar-refractivity contribution in [2.45, 2.75) is 38.6 Å². The molecule has 0 aliphatic rings. The third kappa shape index (κ3) is 5.09. The summed E-state index contributed by atoms with van der Waals surface area (Å²) in [6.45, 7) is 6.43. The molecule has 4 nitrogen and oxygen atoms in total. The molecular weight excluding hydrogens is 350 g/mol. The van der Waals surface area contributed by atoms with Crippen molar-refractivity contribution in [2.75, 3.05) is 7.11 Å². The molecule has 0 unspecified atom stereocenters. The molecule has 0 aliphatic heterocycles. The number of rotatable bonds is 5. The van der Waals surface area contributed by atoms with Crippen LogP contribution in [0.15, 0.2) is 48.5 Å². The van der Waals surface area contributed by atoms with Gasteiger partial charge in [0.25, 0.3) is 5.91 Å². The third-order valence-electron chi connectivity index (χ3n) is 4.17. The Hall–Kier alpha value is -2.33. The van der Waals surface area contributed by atoms with Gasteiger partial charge in [-0.15, -0.1) is 0 Å². The van der Waals surface area contributed by atoms with E-state index in [2.05, 4.69) is 26.1 Å². The van der Waals surface area contributed by atoms with Crippen LogP contribution >= 0.6 is 11.6 Å². The van der Waals surface area contributed by atoms with E-state index in [1.165, 1.54) is 12.7 Å². The summed E-state index contributed by atoms with van der Waals surface area (Å²) in [5.74, 6) is -0.900. The molecule has 0 heterocycles. The molecule has 138 valence electrons. The normalized spacial score (nSPS) is 12.3. The summed E-state index contributed by atoms with van der Waals surface area (Å²) in [6.07, 6.45) is 0.341. The monoisotopic (exact) mass is 373 g/mol. The number of hydrogen-bond acceptors (Lipinski definition) is 3. The minimum Gasteiger partial charge on any atom is -0.467 e. The van der Waals surface area contributed by atoms with Gasteiger partial charge in [0.05, 0.1) is 17.7 Å². The Labute approximate surface area is 159 Å². The molecule has 0 fully saturated rings. The molecule has 0 aliphatic carbocycles. The number of ether oxygens (including phenoxy) is 1. The zero-order valence-electron chi connectivity index (χ0n) is 15.5. The fourth-order valence-corrected chi connectivity index (χ4v) is 2.81. The predicted molar refractivity (Wildman–Crippen MR) is 104 cm³/mol. The number of carbonyl (C=O) groups is 2. The number of benzene rings is 2. The van der Waals surface area contributed by atoms with Crippen molar-refractivity contribution in [2.24, 2.45) is 0 Å². The first-order valence-corrected chi connectivity index (χ1v) is 8.83. The van der Waals surface area contributed by atoms with E-state index >= 15 is 0 Å². The molecule has 0 bridgehead atoms. The van der Waals surface area contributed by atoms with Gasteiger partial charge in [-0.1, -0.05) is 68.8 Å². The van der Waals surface area contributed by atoms with Crippen LogP contribution in [0.25, 0.3) is 0 Å². The second-order valence-electron chi connectivity index (χ2n) is 7.18. The molecule has 0 spiro atoms. The van der Waals surface area contributed by atoms with Crippen LogP contribution in [0.4, 0.5) is 0 Å². The summed E-state index contributed by atoms with van der Waals surface area (Å²) in [5, 5.41) is 3.06. The molecule has 2 aromatic carbocycles. The molecule has 1 amide bonds. The SMILES string of the molecule is COC(=O)[C@H](Cc1ccc(C(C)(C)C)cc1)NC(=O)c1ccccc1Cl. The summed E-state index contributed by atoms with van der Waals surface area (Å²) in [6, 6.07) is 13.9. The van der Waals surface area contributed by atoms with Crippen molar-refractivity contribution in [1.82, 2.24) is 5.32 Å². The Morgan fingerprint density at radius 3 is 2.23 bits per heavy atom. The van der Waals surface area contributed by atoms with Gasteiger partial charge >= 0.3 is 5.97 Å². The molecule has 0 saturated carbocycles. The largest absolute Gasteiger partial charge is 0.467 e. The van der Waals surface area contributed by atoms with Crippen LogP contribution in [0.5, 0.6) is 0 Å². The van der Waals surface area contributed by atoms with Crippen molar-refractivity contribution in [1.29, 1.82) is 0 Å². The van der Waals surface area contributed by atoms with Gasteiger partial charge < -0.3 is 10.1 Å². The van der Waals surface area contributed by atoms with Gasteiger partial charge in [0, 0.05) is 6.42 Å². The van der Waals surface area contributed by atoms with Gasteiger partial charge in [0.2, 0.25) is 0 Å². The predicted octanol–water partition coefficient (Wildman–Crippen LogP) is 4.15. The molecule has 1 N–H and O–H groups in total. The van der Waals surface area contributed by atoms with E-state index in [9.17, 15) is 9.59 Å². The van der Waals surface area contributed by atoms with E-state index in [-0.39, 0.29) is 5.41 Å². The molecule has 1 atom stereocenters. The zero-order chi connectivity index (χ0) is 19.3. The number of esters is 1. The Balaban J connectivity index is 2.16. The van der Waals surface area contributed by atoms with E-state index in [0.29, 0.717) is 17.0 Å². The topological polar surface area (TPSA) is 55.4 Å². The molecule has 0 aromatic heterocycles. The highest BCUT2D eigenvalue weighted by molar-refractivity contribution is 6.33. The third-order valence-corrected chi connectivity index (χ3v) is 4.50. The lowest BCUT2D eigenvalue weighted by Gasteiger charge is -2.20. The van der Waals surface area contributed by atoms with Gasteiger partial charge in [0.15, 0.2) is 0 Å². The lowest BCUT2D eigenvalue weighted by atomic mass is 9.86. The summed E-state index contributed by atoms with van der Waals surface area (Å²) < 4.78 is 4.84. The first-order valence-electron chi connectivity index (χ1n) is 8.45. The number of methoxy groups -OCH3 is 1. The fraction of sp³-hybridized carbons (Fsp3) is 0.333. The average Bonchev–Trinajstić information content (AvgIpc) is 2.60. The van der Waals surface area contributed by atoms with Crippen LogP contribution in [0.1, 0.15) is 42.3 Å². The Kier molecular flexibility index (Phi) is 6.43. The first kappa shape index (κ1) is 20.0. The highest BCUT2D eigenvalue weighted by Gasteiger charge is 2.24. The number of halogens is 1. The first-order chi connectivity index (χ1) is 12.2. The number of hydrogen-bond donors (Lipinski definition) is 1. The second-order valence-corrected chi connectivity index (χ2v) is 7.59. The van der Waals surface area contributed by atoms with Gasteiger partial charge in [0.1, 0.15) is 6.04 Å². The van der Waals surface area contributed by atoms with Gasteiger partial charge in [-0.3, -0.25) is 4.79 Å². The number of amides is 1. The van der Waals surface area contributed by atoms with Crippen LogP contribution in [-0.4, -0.2) is 25.0 Å². The molecule has 2 rings (SSSR count). The van der Waals surface area contributed by atoms with Gasteiger partial charge in [-0.05, 0) is 28.7 Å². The van der Waals surface area contributed by atoms with Crippen molar-refractivity contribution >= 4 is 23.5 Å². The van der Waals surface area contributed by atoms with Crippen LogP contribution < -0.4 is 5.32 Å². The summed E-state index contributed by atoms with van der Waals surface area (Å²) in [7, 11) is 1.31.